The maximum Gasteiger partial charge on any atom is 0.432 e. The number of alkyl halides is 2. The minimum Gasteiger partial charge on any atom is -0.428 e. The highest BCUT2D eigenvalue weighted by Gasteiger charge is 2.42. The summed E-state index contributed by atoms with van der Waals surface area (Å²) in [7, 11) is 0. The van der Waals surface area contributed by atoms with E-state index in [0.717, 1.165) is 63.1 Å². The molecule has 198 valence electrons. The van der Waals surface area contributed by atoms with Crippen LogP contribution in [-0.4, -0.2) is 0 Å². The molecule has 0 unspecified atom stereocenters. The van der Waals surface area contributed by atoms with Gasteiger partial charge in [-0.1, -0.05) is 44.4 Å². The predicted octanol–water partition coefficient (Wildman–Crippen LogP) is 9.64. The molecular weight excluding hydrogens is 497 g/mol. The van der Waals surface area contributed by atoms with Crippen molar-refractivity contribution < 1.29 is 35.5 Å². The Bertz CT molecular complexity index is 1200. The van der Waals surface area contributed by atoms with Gasteiger partial charge in [-0.2, -0.15) is 8.78 Å². The van der Waals surface area contributed by atoms with E-state index >= 15 is 8.78 Å². The molecule has 0 bridgehead atoms. The number of hydrogen-bond donors (Lipinski definition) is 0. The second-order valence-electron chi connectivity index (χ2n) is 9.59. The molecule has 4 rings (SSSR count). The minimum atomic E-state index is -4.45. The number of unbranched alkanes of at least 4 members (excludes halogenated alkanes) is 1. The first kappa shape index (κ1) is 27.0. The molecule has 37 heavy (non-hydrogen) atoms. The van der Waals surface area contributed by atoms with Gasteiger partial charge in [0.2, 0.25) is 0 Å². The highest BCUT2D eigenvalue weighted by molar-refractivity contribution is 5.70. The fraction of sp³-hybridized carbons (Fsp3) is 0.379. The van der Waals surface area contributed by atoms with Crippen molar-refractivity contribution in [2.75, 3.05) is 0 Å². The molecule has 3 aromatic carbocycles. The van der Waals surface area contributed by atoms with E-state index in [1.54, 1.807) is 0 Å². The maximum atomic E-state index is 15.1. The first-order valence-electron chi connectivity index (χ1n) is 12.4. The summed E-state index contributed by atoms with van der Waals surface area (Å²) in [6.45, 7) is 2.12. The topological polar surface area (TPSA) is 9.23 Å². The Morgan fingerprint density at radius 1 is 0.811 bits per heavy atom. The largest absolute Gasteiger partial charge is 0.432 e. The summed E-state index contributed by atoms with van der Waals surface area (Å²) in [6, 6.07) is 8.06. The second-order valence-corrected chi connectivity index (χ2v) is 9.59. The van der Waals surface area contributed by atoms with Crippen molar-refractivity contribution in [3.05, 3.63) is 88.7 Å². The Kier molecular flexibility index (Phi) is 8.14. The summed E-state index contributed by atoms with van der Waals surface area (Å²) in [5.41, 5.74) is -1.72. The van der Waals surface area contributed by atoms with Gasteiger partial charge >= 0.3 is 6.11 Å². The Balaban J connectivity index is 1.58. The van der Waals surface area contributed by atoms with Crippen molar-refractivity contribution in [2.24, 2.45) is 5.92 Å². The van der Waals surface area contributed by atoms with E-state index in [1.165, 1.54) is 18.2 Å². The van der Waals surface area contributed by atoms with Crippen LogP contribution in [0.25, 0.3) is 11.1 Å². The summed E-state index contributed by atoms with van der Waals surface area (Å²) < 4.78 is 106. The summed E-state index contributed by atoms with van der Waals surface area (Å²) in [5, 5.41) is 0. The normalized spacial score (nSPS) is 18.2. The predicted molar refractivity (Wildman–Crippen MR) is 127 cm³/mol. The van der Waals surface area contributed by atoms with Gasteiger partial charge in [-0.15, -0.1) is 0 Å². The van der Waals surface area contributed by atoms with E-state index < -0.39 is 46.5 Å². The molecule has 1 nitrogen and oxygen atoms in total. The van der Waals surface area contributed by atoms with E-state index in [4.69, 9.17) is 4.74 Å². The highest BCUT2D eigenvalue weighted by Crippen LogP contribution is 2.42. The lowest BCUT2D eigenvalue weighted by atomic mass is 9.77. The van der Waals surface area contributed by atoms with Gasteiger partial charge in [0.25, 0.3) is 0 Å². The standard InChI is InChI=1S/C29H27F7O/c1-2-3-6-17-9-11-18(12-10-17)19-13-22(30)27(23(31)14-19)29(35,36)37-26-8-5-4-7-21(26)20-15-24(32)28(34)25(33)16-20/h4-5,7-8,13-18H,2-3,6,9-12H2,1H3/t17-,18-. The highest BCUT2D eigenvalue weighted by atomic mass is 19.3. The second kappa shape index (κ2) is 11.2. The van der Waals surface area contributed by atoms with Crippen molar-refractivity contribution in [1.82, 2.24) is 0 Å². The van der Waals surface area contributed by atoms with Crippen LogP contribution in [0.1, 0.15) is 68.9 Å². The van der Waals surface area contributed by atoms with E-state index in [1.807, 2.05) is 0 Å². The van der Waals surface area contributed by atoms with Crippen molar-refractivity contribution in [3.8, 4) is 16.9 Å². The molecule has 3 aromatic rings. The van der Waals surface area contributed by atoms with Crippen LogP contribution in [0.4, 0.5) is 30.7 Å². The molecule has 0 N–H and O–H groups in total. The quantitative estimate of drug-likeness (QED) is 0.211. The Morgan fingerprint density at radius 2 is 1.41 bits per heavy atom. The van der Waals surface area contributed by atoms with Crippen LogP contribution in [0.5, 0.6) is 5.75 Å². The Morgan fingerprint density at radius 3 is 2.00 bits per heavy atom. The molecule has 0 heterocycles. The van der Waals surface area contributed by atoms with Gasteiger partial charge in [0.15, 0.2) is 17.5 Å². The Labute approximate surface area is 211 Å². The molecule has 1 aliphatic carbocycles. The number of hydrogen-bond acceptors (Lipinski definition) is 1. The van der Waals surface area contributed by atoms with E-state index in [-0.39, 0.29) is 17.0 Å². The number of benzene rings is 3. The molecule has 0 aromatic heterocycles. The average Bonchev–Trinajstić information content (AvgIpc) is 2.85. The zero-order valence-corrected chi connectivity index (χ0v) is 20.3. The van der Waals surface area contributed by atoms with Gasteiger partial charge in [-0.05, 0) is 79.0 Å². The van der Waals surface area contributed by atoms with Crippen molar-refractivity contribution in [1.29, 1.82) is 0 Å². The number of ether oxygens (including phenoxy) is 1. The smallest absolute Gasteiger partial charge is 0.428 e. The monoisotopic (exact) mass is 524 g/mol. The van der Waals surface area contributed by atoms with E-state index in [2.05, 4.69) is 6.92 Å². The molecule has 0 spiro atoms. The molecule has 0 radical (unpaired) electrons. The third-order valence-corrected chi connectivity index (χ3v) is 7.06. The van der Waals surface area contributed by atoms with Crippen LogP contribution in [-0.2, 0) is 6.11 Å². The van der Waals surface area contributed by atoms with Gasteiger partial charge < -0.3 is 4.74 Å². The Hall–Kier alpha value is -3.03. The lowest BCUT2D eigenvalue weighted by Gasteiger charge is -2.29. The third-order valence-electron chi connectivity index (χ3n) is 7.06. The third kappa shape index (κ3) is 5.94. The van der Waals surface area contributed by atoms with Crippen LogP contribution < -0.4 is 4.74 Å². The van der Waals surface area contributed by atoms with Gasteiger partial charge in [0.05, 0.1) is 0 Å². The van der Waals surface area contributed by atoms with E-state index in [0.29, 0.717) is 23.6 Å². The molecule has 1 fully saturated rings. The lowest BCUT2D eigenvalue weighted by molar-refractivity contribution is -0.189. The summed E-state index contributed by atoms with van der Waals surface area (Å²) in [6.07, 6.45) is 2.24. The fourth-order valence-corrected chi connectivity index (χ4v) is 5.08. The van der Waals surface area contributed by atoms with Crippen LogP contribution in [0.2, 0.25) is 0 Å². The van der Waals surface area contributed by atoms with Crippen LogP contribution >= 0.6 is 0 Å². The molecule has 0 saturated heterocycles. The summed E-state index contributed by atoms with van der Waals surface area (Å²) in [4.78, 5) is 0. The summed E-state index contributed by atoms with van der Waals surface area (Å²) >= 11 is 0. The molecule has 0 atom stereocenters. The van der Waals surface area contributed by atoms with Crippen molar-refractivity contribution >= 4 is 0 Å². The van der Waals surface area contributed by atoms with E-state index in [9.17, 15) is 22.0 Å². The molecule has 8 heteroatoms. The number of para-hydroxylation sites is 1. The minimum absolute atomic E-state index is 0.116. The van der Waals surface area contributed by atoms with Crippen LogP contribution in [0, 0.1) is 35.0 Å². The van der Waals surface area contributed by atoms with Gasteiger partial charge in [0, 0.05) is 5.56 Å². The van der Waals surface area contributed by atoms with Gasteiger partial charge in [-0.3, -0.25) is 0 Å². The van der Waals surface area contributed by atoms with Gasteiger partial charge in [-0.25, -0.2) is 22.0 Å². The molecule has 0 aliphatic heterocycles. The lowest BCUT2D eigenvalue weighted by Crippen LogP contribution is -2.26. The van der Waals surface area contributed by atoms with Gasteiger partial charge in [0.1, 0.15) is 22.9 Å². The number of rotatable bonds is 8. The maximum absolute atomic E-state index is 15.1. The molecule has 0 amide bonds. The summed E-state index contributed by atoms with van der Waals surface area (Å²) in [5.74, 6) is -7.78. The zero-order chi connectivity index (χ0) is 26.7. The molecule has 1 aliphatic rings. The first-order chi connectivity index (χ1) is 17.6. The SMILES string of the molecule is CCCC[C@H]1CC[C@H](c2cc(F)c(C(F)(F)Oc3ccccc3-c3cc(F)c(F)c(F)c3)c(F)c2)CC1. The molecule has 1 saturated carbocycles. The number of halogens is 7. The fourth-order valence-electron chi connectivity index (χ4n) is 5.08. The zero-order valence-electron chi connectivity index (χ0n) is 20.3. The molecular formula is C29H27F7O. The van der Waals surface area contributed by atoms with Crippen LogP contribution in [0.15, 0.2) is 48.5 Å². The average molecular weight is 525 g/mol. The van der Waals surface area contributed by atoms with Crippen molar-refractivity contribution in [2.45, 2.75) is 63.9 Å². The van der Waals surface area contributed by atoms with Crippen LogP contribution in [0.3, 0.4) is 0 Å². The first-order valence-corrected chi connectivity index (χ1v) is 12.4. The van der Waals surface area contributed by atoms with Crippen molar-refractivity contribution in [3.63, 3.8) is 0 Å².